The predicted molar refractivity (Wildman–Crippen MR) is 79.0 cm³/mol. The second-order valence-electron chi connectivity index (χ2n) is 6.17. The van der Waals surface area contributed by atoms with E-state index >= 15 is 0 Å². The highest BCUT2D eigenvalue weighted by atomic mass is 16.5. The molecule has 2 nitrogen and oxygen atoms in total. The van der Waals surface area contributed by atoms with E-state index in [0.29, 0.717) is 0 Å². The number of hydrogen-bond donors (Lipinski definition) is 0. The summed E-state index contributed by atoms with van der Waals surface area (Å²) >= 11 is 0. The van der Waals surface area contributed by atoms with Crippen LogP contribution < -0.4 is 0 Å². The van der Waals surface area contributed by atoms with Crippen LogP contribution >= 0.6 is 0 Å². The van der Waals surface area contributed by atoms with Crippen LogP contribution in [0.4, 0.5) is 0 Å². The first-order valence-electron chi connectivity index (χ1n) is 7.07. The van der Waals surface area contributed by atoms with E-state index in [-0.39, 0.29) is 17.3 Å². The largest absolute Gasteiger partial charge is 0.469 e. The zero-order valence-electron chi connectivity index (χ0n) is 12.6. The Hall–Kier alpha value is -1.31. The lowest BCUT2D eigenvalue weighted by atomic mass is 9.77. The van der Waals surface area contributed by atoms with Gasteiger partial charge in [0.15, 0.2) is 0 Å². The quantitative estimate of drug-likeness (QED) is 0.566. The Morgan fingerprint density at radius 1 is 1.16 bits per heavy atom. The van der Waals surface area contributed by atoms with Gasteiger partial charge in [-0.15, -0.1) is 0 Å². The van der Waals surface area contributed by atoms with Crippen molar-refractivity contribution in [3.63, 3.8) is 0 Å². The van der Waals surface area contributed by atoms with Gasteiger partial charge in [-0.2, -0.15) is 0 Å². The minimum absolute atomic E-state index is 0.00623. The van der Waals surface area contributed by atoms with E-state index < -0.39 is 0 Å². The fourth-order valence-electron chi connectivity index (χ4n) is 2.37. The van der Waals surface area contributed by atoms with Crippen LogP contribution in [0.15, 0.2) is 30.3 Å². The smallest absolute Gasteiger partial charge is 0.309 e. The SMILES string of the molecule is COC(=O)C(CCCCc1ccccc1)C(C)(C)C. The second-order valence-corrected chi connectivity index (χ2v) is 6.17. The summed E-state index contributed by atoms with van der Waals surface area (Å²) in [5.41, 5.74) is 1.34. The molecular formula is C17H26O2. The molecule has 0 saturated carbocycles. The lowest BCUT2D eigenvalue weighted by Crippen LogP contribution is -2.29. The zero-order valence-corrected chi connectivity index (χ0v) is 12.6. The van der Waals surface area contributed by atoms with Gasteiger partial charge in [0.25, 0.3) is 0 Å². The Morgan fingerprint density at radius 3 is 2.32 bits per heavy atom. The number of aryl methyl sites for hydroxylation is 1. The number of benzene rings is 1. The van der Waals surface area contributed by atoms with Crippen molar-refractivity contribution in [2.24, 2.45) is 11.3 Å². The van der Waals surface area contributed by atoms with Crippen LogP contribution in [0.1, 0.15) is 45.6 Å². The van der Waals surface area contributed by atoms with Gasteiger partial charge in [0.05, 0.1) is 13.0 Å². The molecule has 0 aliphatic carbocycles. The maximum Gasteiger partial charge on any atom is 0.309 e. The van der Waals surface area contributed by atoms with Crippen LogP contribution in [-0.4, -0.2) is 13.1 Å². The summed E-state index contributed by atoms with van der Waals surface area (Å²) in [6.07, 6.45) is 4.17. The highest BCUT2D eigenvalue weighted by molar-refractivity contribution is 5.73. The van der Waals surface area contributed by atoms with Crippen LogP contribution in [-0.2, 0) is 16.0 Å². The third kappa shape index (κ3) is 5.46. The van der Waals surface area contributed by atoms with Gasteiger partial charge < -0.3 is 4.74 Å². The molecular weight excluding hydrogens is 236 g/mol. The molecule has 0 heterocycles. The number of methoxy groups -OCH3 is 1. The molecule has 0 N–H and O–H groups in total. The maximum absolute atomic E-state index is 11.8. The van der Waals surface area contributed by atoms with E-state index in [1.807, 2.05) is 6.07 Å². The molecule has 0 aromatic heterocycles. The first-order valence-corrected chi connectivity index (χ1v) is 7.07. The molecule has 0 bridgehead atoms. The molecule has 1 atom stereocenters. The molecule has 19 heavy (non-hydrogen) atoms. The second kappa shape index (κ2) is 7.32. The Morgan fingerprint density at radius 2 is 1.79 bits per heavy atom. The maximum atomic E-state index is 11.8. The van der Waals surface area contributed by atoms with Crippen molar-refractivity contribution in [1.82, 2.24) is 0 Å². The topological polar surface area (TPSA) is 26.3 Å². The van der Waals surface area contributed by atoms with Crippen LogP contribution in [0, 0.1) is 11.3 Å². The van der Waals surface area contributed by atoms with Gasteiger partial charge in [0.2, 0.25) is 0 Å². The lowest BCUT2D eigenvalue weighted by Gasteiger charge is -2.28. The highest BCUT2D eigenvalue weighted by Gasteiger charge is 2.31. The van der Waals surface area contributed by atoms with E-state index in [1.54, 1.807) is 0 Å². The first kappa shape index (κ1) is 15.7. The van der Waals surface area contributed by atoms with Gasteiger partial charge in [-0.3, -0.25) is 4.79 Å². The molecule has 0 aliphatic rings. The van der Waals surface area contributed by atoms with Crippen molar-refractivity contribution >= 4 is 5.97 Å². The molecule has 2 heteroatoms. The number of ether oxygens (including phenoxy) is 1. The molecule has 106 valence electrons. The third-order valence-electron chi connectivity index (χ3n) is 3.58. The molecule has 0 amide bonds. The molecule has 0 fully saturated rings. The fraction of sp³-hybridized carbons (Fsp3) is 0.588. The molecule has 1 aromatic carbocycles. The number of carbonyl (C=O) groups excluding carboxylic acids is 1. The minimum atomic E-state index is -0.0767. The normalized spacial score (nSPS) is 13.1. The average molecular weight is 262 g/mol. The van der Waals surface area contributed by atoms with Gasteiger partial charge in [0, 0.05) is 0 Å². The Labute approximate surface area is 117 Å². The summed E-state index contributed by atoms with van der Waals surface area (Å²) in [4.78, 5) is 11.8. The van der Waals surface area contributed by atoms with Crippen molar-refractivity contribution in [3.05, 3.63) is 35.9 Å². The van der Waals surface area contributed by atoms with Crippen LogP contribution in [0.25, 0.3) is 0 Å². The van der Waals surface area contributed by atoms with Crippen LogP contribution in [0.3, 0.4) is 0 Å². The van der Waals surface area contributed by atoms with Gasteiger partial charge in [-0.05, 0) is 30.2 Å². The van der Waals surface area contributed by atoms with Crippen LogP contribution in [0.5, 0.6) is 0 Å². The van der Waals surface area contributed by atoms with E-state index in [1.165, 1.54) is 12.7 Å². The standard InChI is InChI=1S/C17H26O2/c1-17(2,3)15(16(18)19-4)13-9-8-12-14-10-6-5-7-11-14/h5-7,10-11,15H,8-9,12-13H2,1-4H3. The summed E-state index contributed by atoms with van der Waals surface area (Å²) in [6.45, 7) is 6.31. The van der Waals surface area contributed by atoms with Crippen molar-refractivity contribution in [2.75, 3.05) is 7.11 Å². The van der Waals surface area contributed by atoms with Gasteiger partial charge in [-0.1, -0.05) is 57.5 Å². The number of esters is 1. The minimum Gasteiger partial charge on any atom is -0.469 e. The Bertz CT molecular complexity index is 376. The van der Waals surface area contributed by atoms with Crippen LogP contribution in [0.2, 0.25) is 0 Å². The predicted octanol–water partition coefficient (Wildman–Crippen LogP) is 4.23. The van der Waals surface area contributed by atoms with Crippen molar-refractivity contribution < 1.29 is 9.53 Å². The zero-order chi connectivity index (χ0) is 14.3. The Balaban J connectivity index is 2.39. The summed E-state index contributed by atoms with van der Waals surface area (Å²) < 4.78 is 4.92. The lowest BCUT2D eigenvalue weighted by molar-refractivity contribution is -0.149. The van der Waals surface area contributed by atoms with Crippen molar-refractivity contribution in [1.29, 1.82) is 0 Å². The number of rotatable bonds is 6. The summed E-state index contributed by atoms with van der Waals surface area (Å²) in [7, 11) is 1.48. The summed E-state index contributed by atoms with van der Waals surface area (Å²) in [6, 6.07) is 10.5. The van der Waals surface area contributed by atoms with Crippen molar-refractivity contribution in [3.8, 4) is 0 Å². The fourth-order valence-corrected chi connectivity index (χ4v) is 2.37. The highest BCUT2D eigenvalue weighted by Crippen LogP contribution is 2.31. The molecule has 1 aromatic rings. The molecule has 0 radical (unpaired) electrons. The first-order chi connectivity index (χ1) is 8.95. The number of carbonyl (C=O) groups is 1. The van der Waals surface area contributed by atoms with E-state index in [9.17, 15) is 4.79 Å². The molecule has 0 aliphatic heterocycles. The molecule has 0 spiro atoms. The monoisotopic (exact) mass is 262 g/mol. The van der Waals surface area contributed by atoms with Gasteiger partial charge in [0.1, 0.15) is 0 Å². The molecule has 1 rings (SSSR count). The van der Waals surface area contributed by atoms with E-state index in [4.69, 9.17) is 4.74 Å². The summed E-state index contributed by atoms with van der Waals surface area (Å²) in [5.74, 6) is -0.0829. The number of hydrogen-bond acceptors (Lipinski definition) is 2. The van der Waals surface area contributed by atoms with Gasteiger partial charge >= 0.3 is 5.97 Å². The molecule has 0 saturated heterocycles. The average Bonchev–Trinajstić information content (AvgIpc) is 2.37. The Kier molecular flexibility index (Phi) is 6.07. The molecule has 1 unspecified atom stereocenters. The van der Waals surface area contributed by atoms with E-state index in [0.717, 1.165) is 25.7 Å². The third-order valence-corrected chi connectivity index (χ3v) is 3.58. The summed E-state index contributed by atoms with van der Waals surface area (Å²) in [5, 5.41) is 0. The van der Waals surface area contributed by atoms with Gasteiger partial charge in [-0.25, -0.2) is 0 Å². The number of unbranched alkanes of at least 4 members (excludes halogenated alkanes) is 1. The van der Waals surface area contributed by atoms with E-state index in [2.05, 4.69) is 45.0 Å². The van der Waals surface area contributed by atoms with Crippen molar-refractivity contribution in [2.45, 2.75) is 46.5 Å².